The van der Waals surface area contributed by atoms with Gasteiger partial charge in [0.2, 0.25) is 11.8 Å². The SMILES string of the molecule is COCCCN(C[C@@H]1CCCN2CCCC[C@H]12)C(=O)[C@@H]1CC(=O)N(c2ccccc2)C1. The predicted octanol–water partition coefficient (Wildman–Crippen LogP) is 3.17. The van der Waals surface area contributed by atoms with Gasteiger partial charge in [0, 0.05) is 51.5 Å². The zero-order chi connectivity index (χ0) is 21.6. The molecule has 3 aliphatic rings. The minimum absolute atomic E-state index is 0.0533. The zero-order valence-electron chi connectivity index (χ0n) is 18.9. The van der Waals surface area contributed by atoms with Crippen molar-refractivity contribution in [2.45, 2.75) is 51.0 Å². The molecule has 0 radical (unpaired) electrons. The number of anilines is 1. The Hall–Kier alpha value is -1.92. The second-order valence-electron chi connectivity index (χ2n) is 9.37. The summed E-state index contributed by atoms with van der Waals surface area (Å²) in [5.74, 6) is 0.498. The van der Waals surface area contributed by atoms with E-state index in [1.807, 2.05) is 30.3 Å². The molecule has 6 heteroatoms. The Labute approximate surface area is 186 Å². The molecule has 0 aliphatic carbocycles. The number of piperidine rings is 2. The fraction of sp³-hybridized carbons (Fsp3) is 0.680. The minimum atomic E-state index is -0.249. The lowest BCUT2D eigenvalue weighted by atomic mass is 9.83. The summed E-state index contributed by atoms with van der Waals surface area (Å²) >= 11 is 0. The number of hydrogen-bond donors (Lipinski definition) is 0. The van der Waals surface area contributed by atoms with Gasteiger partial charge in [0.05, 0.1) is 5.92 Å². The van der Waals surface area contributed by atoms with E-state index in [1.54, 1.807) is 12.0 Å². The Bertz CT molecular complexity index is 739. The highest BCUT2D eigenvalue weighted by molar-refractivity contribution is 6.00. The molecule has 1 aromatic rings. The van der Waals surface area contributed by atoms with Crippen molar-refractivity contribution >= 4 is 17.5 Å². The fourth-order valence-corrected chi connectivity index (χ4v) is 5.75. The summed E-state index contributed by atoms with van der Waals surface area (Å²) in [5, 5.41) is 0. The first kappa shape index (κ1) is 22.3. The number of fused-ring (bicyclic) bond motifs is 1. The Morgan fingerprint density at radius 3 is 2.74 bits per heavy atom. The van der Waals surface area contributed by atoms with E-state index in [1.165, 1.54) is 45.2 Å². The molecular weight excluding hydrogens is 390 g/mol. The Morgan fingerprint density at radius 2 is 1.94 bits per heavy atom. The molecule has 170 valence electrons. The molecule has 3 fully saturated rings. The third kappa shape index (κ3) is 5.29. The molecule has 3 aliphatic heterocycles. The molecule has 4 rings (SSSR count). The predicted molar refractivity (Wildman–Crippen MR) is 122 cm³/mol. The van der Waals surface area contributed by atoms with Gasteiger partial charge in [-0.1, -0.05) is 24.6 Å². The highest BCUT2D eigenvalue weighted by atomic mass is 16.5. The summed E-state index contributed by atoms with van der Waals surface area (Å²) in [6, 6.07) is 10.3. The van der Waals surface area contributed by atoms with Crippen molar-refractivity contribution in [2.75, 3.05) is 51.3 Å². The van der Waals surface area contributed by atoms with Crippen molar-refractivity contribution in [3.63, 3.8) is 0 Å². The van der Waals surface area contributed by atoms with Crippen LogP contribution in [0.1, 0.15) is 44.9 Å². The number of methoxy groups -OCH3 is 1. The van der Waals surface area contributed by atoms with Crippen molar-refractivity contribution in [2.24, 2.45) is 11.8 Å². The maximum absolute atomic E-state index is 13.6. The second-order valence-corrected chi connectivity index (χ2v) is 9.37. The van der Waals surface area contributed by atoms with Crippen molar-refractivity contribution in [3.05, 3.63) is 30.3 Å². The third-order valence-corrected chi connectivity index (χ3v) is 7.31. The maximum atomic E-state index is 13.6. The van der Waals surface area contributed by atoms with Gasteiger partial charge in [-0.25, -0.2) is 0 Å². The smallest absolute Gasteiger partial charge is 0.228 e. The molecule has 0 bridgehead atoms. The molecule has 0 unspecified atom stereocenters. The maximum Gasteiger partial charge on any atom is 0.228 e. The van der Waals surface area contributed by atoms with E-state index < -0.39 is 0 Å². The summed E-state index contributed by atoms with van der Waals surface area (Å²) in [4.78, 5) is 32.8. The zero-order valence-corrected chi connectivity index (χ0v) is 18.9. The van der Waals surface area contributed by atoms with Crippen LogP contribution in [-0.2, 0) is 14.3 Å². The lowest BCUT2D eigenvalue weighted by molar-refractivity contribution is -0.137. The summed E-state index contributed by atoms with van der Waals surface area (Å²) in [6.45, 7) is 5.10. The third-order valence-electron chi connectivity index (χ3n) is 7.31. The normalized spacial score (nSPS) is 26.7. The largest absolute Gasteiger partial charge is 0.385 e. The summed E-state index contributed by atoms with van der Waals surface area (Å²) in [7, 11) is 1.71. The highest BCUT2D eigenvalue weighted by Crippen LogP contribution is 2.32. The molecule has 31 heavy (non-hydrogen) atoms. The number of rotatable bonds is 8. The van der Waals surface area contributed by atoms with Crippen LogP contribution in [0, 0.1) is 11.8 Å². The van der Waals surface area contributed by atoms with E-state index in [-0.39, 0.29) is 17.7 Å². The van der Waals surface area contributed by atoms with Gasteiger partial charge in [-0.05, 0) is 63.2 Å². The molecule has 2 amide bonds. The average molecular weight is 428 g/mol. The number of ether oxygens (including phenoxy) is 1. The van der Waals surface area contributed by atoms with Crippen LogP contribution >= 0.6 is 0 Å². The van der Waals surface area contributed by atoms with Crippen LogP contribution in [-0.4, -0.2) is 74.1 Å². The Kier molecular flexibility index (Phi) is 7.62. The van der Waals surface area contributed by atoms with E-state index in [0.29, 0.717) is 38.1 Å². The van der Waals surface area contributed by atoms with Crippen LogP contribution in [0.3, 0.4) is 0 Å². The van der Waals surface area contributed by atoms with Crippen LogP contribution < -0.4 is 4.90 Å². The van der Waals surface area contributed by atoms with E-state index >= 15 is 0 Å². The number of nitrogens with zero attached hydrogens (tertiary/aromatic N) is 3. The second kappa shape index (κ2) is 10.6. The number of carbonyl (C=O) groups excluding carboxylic acids is 2. The number of amides is 2. The molecule has 0 spiro atoms. The van der Waals surface area contributed by atoms with Gasteiger partial charge >= 0.3 is 0 Å². The molecule has 1 aromatic carbocycles. The molecule has 3 atom stereocenters. The van der Waals surface area contributed by atoms with E-state index in [4.69, 9.17) is 4.74 Å². The molecular formula is C25H37N3O3. The fourth-order valence-electron chi connectivity index (χ4n) is 5.75. The van der Waals surface area contributed by atoms with Crippen LogP contribution in [0.15, 0.2) is 30.3 Å². The van der Waals surface area contributed by atoms with Crippen molar-refractivity contribution in [1.29, 1.82) is 0 Å². The van der Waals surface area contributed by atoms with Crippen LogP contribution in [0.5, 0.6) is 0 Å². The van der Waals surface area contributed by atoms with Crippen LogP contribution in [0.25, 0.3) is 0 Å². The number of benzene rings is 1. The van der Waals surface area contributed by atoms with Crippen LogP contribution in [0.4, 0.5) is 5.69 Å². The van der Waals surface area contributed by atoms with Crippen molar-refractivity contribution < 1.29 is 14.3 Å². The number of para-hydroxylation sites is 1. The monoisotopic (exact) mass is 427 g/mol. The highest BCUT2D eigenvalue weighted by Gasteiger charge is 2.39. The van der Waals surface area contributed by atoms with Crippen molar-refractivity contribution in [1.82, 2.24) is 9.80 Å². The van der Waals surface area contributed by atoms with E-state index in [9.17, 15) is 9.59 Å². The first-order valence-electron chi connectivity index (χ1n) is 12.0. The van der Waals surface area contributed by atoms with Crippen LogP contribution in [0.2, 0.25) is 0 Å². The lowest BCUT2D eigenvalue weighted by Gasteiger charge is -2.46. The molecule has 6 nitrogen and oxygen atoms in total. The van der Waals surface area contributed by atoms with Crippen molar-refractivity contribution in [3.8, 4) is 0 Å². The van der Waals surface area contributed by atoms with Gasteiger partial charge in [-0.3, -0.25) is 9.59 Å². The molecule has 3 saturated heterocycles. The minimum Gasteiger partial charge on any atom is -0.385 e. The number of hydrogen-bond acceptors (Lipinski definition) is 4. The number of carbonyl (C=O) groups is 2. The molecule has 0 saturated carbocycles. The quantitative estimate of drug-likeness (QED) is 0.598. The topological polar surface area (TPSA) is 53.1 Å². The summed E-state index contributed by atoms with van der Waals surface area (Å²) in [5.41, 5.74) is 0.888. The average Bonchev–Trinajstić information content (AvgIpc) is 3.20. The lowest BCUT2D eigenvalue weighted by Crippen LogP contribution is -2.52. The summed E-state index contributed by atoms with van der Waals surface area (Å²) in [6.07, 6.45) is 7.45. The molecule has 3 heterocycles. The Morgan fingerprint density at radius 1 is 1.13 bits per heavy atom. The van der Waals surface area contributed by atoms with Gasteiger partial charge in [0.1, 0.15) is 0 Å². The van der Waals surface area contributed by atoms with Gasteiger partial charge in [-0.15, -0.1) is 0 Å². The molecule has 0 aromatic heterocycles. The van der Waals surface area contributed by atoms with E-state index in [2.05, 4.69) is 9.80 Å². The standard InChI is InChI=1S/C25H37N3O3/c1-31-16-8-15-27(18-20-9-7-14-26-13-6-5-12-23(20)26)25(30)21-17-24(29)28(19-21)22-10-3-2-4-11-22/h2-4,10-11,20-21,23H,5-9,12-19H2,1H3/t20-,21+,23+/m0/s1. The first-order valence-corrected chi connectivity index (χ1v) is 12.0. The van der Waals surface area contributed by atoms with E-state index in [0.717, 1.165) is 18.7 Å². The van der Waals surface area contributed by atoms with Gasteiger partial charge in [0.15, 0.2) is 0 Å². The molecule has 0 N–H and O–H groups in total. The van der Waals surface area contributed by atoms with Gasteiger partial charge < -0.3 is 19.4 Å². The Balaban J connectivity index is 1.44. The first-order chi connectivity index (χ1) is 15.2. The van der Waals surface area contributed by atoms with Gasteiger partial charge in [-0.2, -0.15) is 0 Å². The summed E-state index contributed by atoms with van der Waals surface area (Å²) < 4.78 is 5.26. The van der Waals surface area contributed by atoms with Gasteiger partial charge in [0.25, 0.3) is 0 Å².